The van der Waals surface area contributed by atoms with Crippen molar-refractivity contribution in [1.29, 1.82) is 0 Å². The average Bonchev–Trinajstić information content (AvgIpc) is 2.97. The first-order valence-corrected chi connectivity index (χ1v) is 8.73. The number of nitrogens with zero attached hydrogens (tertiary/aromatic N) is 2. The summed E-state index contributed by atoms with van der Waals surface area (Å²) in [6.45, 7) is 4.76. The molecule has 1 aromatic rings. The molecule has 2 unspecified atom stereocenters. The maximum atomic E-state index is 12.8. The molecule has 3 rings (SSSR count). The Morgan fingerprint density at radius 2 is 2.00 bits per heavy atom. The first-order valence-electron chi connectivity index (χ1n) is 8.73. The van der Waals surface area contributed by atoms with E-state index in [9.17, 15) is 9.59 Å². The zero-order valence-electron chi connectivity index (χ0n) is 14.5. The molecule has 2 atom stereocenters. The van der Waals surface area contributed by atoms with Gasteiger partial charge in [0.2, 0.25) is 11.8 Å². The summed E-state index contributed by atoms with van der Waals surface area (Å²) in [7, 11) is 1.70. The second-order valence-corrected chi connectivity index (χ2v) is 6.99. The highest BCUT2D eigenvalue weighted by molar-refractivity contribution is 6.00. The van der Waals surface area contributed by atoms with Crippen molar-refractivity contribution >= 4 is 17.5 Å². The summed E-state index contributed by atoms with van der Waals surface area (Å²) in [6, 6.07) is 7.90. The molecule has 2 aliphatic heterocycles. The Morgan fingerprint density at radius 1 is 1.25 bits per heavy atom. The van der Waals surface area contributed by atoms with Crippen molar-refractivity contribution in [1.82, 2.24) is 4.90 Å². The van der Waals surface area contributed by atoms with Crippen LogP contribution in [0.15, 0.2) is 24.3 Å². The van der Waals surface area contributed by atoms with Gasteiger partial charge in [-0.25, -0.2) is 0 Å². The third-order valence-corrected chi connectivity index (χ3v) is 5.05. The number of hydrogen-bond donors (Lipinski definition) is 0. The third-order valence-electron chi connectivity index (χ3n) is 5.05. The number of ether oxygens (including phenoxy) is 1. The summed E-state index contributed by atoms with van der Waals surface area (Å²) in [5.41, 5.74) is 2.05. The Morgan fingerprint density at radius 3 is 2.71 bits per heavy atom. The van der Waals surface area contributed by atoms with E-state index in [1.54, 1.807) is 12.0 Å². The number of hydrogen-bond acceptors (Lipinski definition) is 3. The second kappa shape index (κ2) is 7.34. The van der Waals surface area contributed by atoms with Crippen molar-refractivity contribution in [2.75, 3.05) is 38.3 Å². The Kier molecular flexibility index (Phi) is 5.19. The zero-order chi connectivity index (χ0) is 17.1. The highest BCUT2D eigenvalue weighted by atomic mass is 16.5. The lowest BCUT2D eigenvalue weighted by atomic mass is 9.97. The normalized spacial score (nSPS) is 24.5. The number of carbonyl (C=O) groups is 2. The topological polar surface area (TPSA) is 49.9 Å². The molecular formula is C19H26N2O3. The van der Waals surface area contributed by atoms with Gasteiger partial charge in [-0.15, -0.1) is 0 Å². The molecule has 2 saturated heterocycles. The molecule has 5 heteroatoms. The highest BCUT2D eigenvalue weighted by Crippen LogP contribution is 2.28. The summed E-state index contributed by atoms with van der Waals surface area (Å²) in [4.78, 5) is 28.9. The number of rotatable bonds is 4. The molecule has 24 heavy (non-hydrogen) atoms. The highest BCUT2D eigenvalue weighted by Gasteiger charge is 2.38. The van der Waals surface area contributed by atoms with Crippen molar-refractivity contribution < 1.29 is 14.3 Å². The quantitative estimate of drug-likeness (QED) is 0.851. The van der Waals surface area contributed by atoms with E-state index in [0.717, 1.165) is 37.2 Å². The summed E-state index contributed by atoms with van der Waals surface area (Å²) in [5, 5.41) is 0. The summed E-state index contributed by atoms with van der Waals surface area (Å²) in [6.07, 6.45) is 2.44. The molecule has 2 aliphatic rings. The number of benzene rings is 1. The lowest BCUT2D eigenvalue weighted by molar-refractivity contribution is -0.138. The minimum Gasteiger partial charge on any atom is -0.384 e. The van der Waals surface area contributed by atoms with Crippen LogP contribution in [-0.4, -0.2) is 50.1 Å². The zero-order valence-corrected chi connectivity index (χ0v) is 14.5. The Labute approximate surface area is 143 Å². The maximum Gasteiger partial charge on any atom is 0.228 e. The van der Waals surface area contributed by atoms with Crippen LogP contribution in [0.5, 0.6) is 0 Å². The smallest absolute Gasteiger partial charge is 0.228 e. The monoisotopic (exact) mass is 330 g/mol. The summed E-state index contributed by atoms with van der Waals surface area (Å²) in [5.74, 6) is 0.361. The van der Waals surface area contributed by atoms with E-state index in [1.807, 2.05) is 36.1 Å². The first kappa shape index (κ1) is 17.0. The van der Waals surface area contributed by atoms with Crippen LogP contribution >= 0.6 is 0 Å². The van der Waals surface area contributed by atoms with Gasteiger partial charge in [0.25, 0.3) is 0 Å². The number of aryl methyl sites for hydroxylation is 1. The van der Waals surface area contributed by atoms with Gasteiger partial charge in [0.1, 0.15) is 0 Å². The van der Waals surface area contributed by atoms with Gasteiger partial charge in [-0.05, 0) is 37.8 Å². The Hall–Kier alpha value is -1.88. The minimum absolute atomic E-state index is 0.0441. The molecule has 0 radical (unpaired) electrons. The van der Waals surface area contributed by atoms with Gasteiger partial charge in [0.05, 0.1) is 12.5 Å². The molecule has 1 aromatic carbocycles. The summed E-state index contributed by atoms with van der Waals surface area (Å²) < 4.78 is 5.24. The fourth-order valence-electron chi connectivity index (χ4n) is 3.74. The van der Waals surface area contributed by atoms with Crippen LogP contribution < -0.4 is 4.90 Å². The van der Waals surface area contributed by atoms with Crippen LogP contribution in [0.1, 0.15) is 24.8 Å². The summed E-state index contributed by atoms with van der Waals surface area (Å²) >= 11 is 0. The SMILES string of the molecule is COCC1CCCN(C(=O)C2CC(=O)N(c3ccc(C)cc3)C2)C1. The van der Waals surface area contributed by atoms with Gasteiger partial charge in [-0.2, -0.15) is 0 Å². The maximum absolute atomic E-state index is 12.8. The van der Waals surface area contributed by atoms with Gasteiger partial charge in [-0.3, -0.25) is 9.59 Å². The van der Waals surface area contributed by atoms with E-state index in [2.05, 4.69) is 0 Å². The lowest BCUT2D eigenvalue weighted by Crippen LogP contribution is -2.44. The van der Waals surface area contributed by atoms with E-state index in [4.69, 9.17) is 4.74 Å². The van der Waals surface area contributed by atoms with Crippen molar-refractivity contribution in [3.05, 3.63) is 29.8 Å². The van der Waals surface area contributed by atoms with E-state index >= 15 is 0 Å². The van der Waals surface area contributed by atoms with Crippen LogP contribution in [0, 0.1) is 18.8 Å². The number of methoxy groups -OCH3 is 1. The van der Waals surface area contributed by atoms with Gasteiger partial charge >= 0.3 is 0 Å². The number of carbonyl (C=O) groups excluding carboxylic acids is 2. The van der Waals surface area contributed by atoms with Crippen LogP contribution in [0.3, 0.4) is 0 Å². The van der Waals surface area contributed by atoms with Crippen LogP contribution in [0.25, 0.3) is 0 Å². The van der Waals surface area contributed by atoms with E-state index in [1.165, 1.54) is 0 Å². The number of piperidine rings is 1. The molecule has 0 N–H and O–H groups in total. The molecule has 5 nitrogen and oxygen atoms in total. The molecule has 2 fully saturated rings. The van der Waals surface area contributed by atoms with Gasteiger partial charge in [0.15, 0.2) is 0 Å². The molecule has 0 spiro atoms. The predicted octanol–water partition coefficient (Wildman–Crippen LogP) is 2.23. The van der Waals surface area contributed by atoms with E-state index in [0.29, 0.717) is 25.5 Å². The molecule has 0 aromatic heterocycles. The fourth-order valence-corrected chi connectivity index (χ4v) is 3.74. The fraction of sp³-hybridized carbons (Fsp3) is 0.579. The minimum atomic E-state index is -0.222. The molecule has 0 bridgehead atoms. The number of anilines is 1. The van der Waals surface area contributed by atoms with Gasteiger partial charge in [0, 0.05) is 38.9 Å². The largest absolute Gasteiger partial charge is 0.384 e. The van der Waals surface area contributed by atoms with E-state index in [-0.39, 0.29) is 17.7 Å². The average molecular weight is 330 g/mol. The first-order chi connectivity index (χ1) is 11.6. The molecular weight excluding hydrogens is 304 g/mol. The number of likely N-dealkylation sites (tertiary alicyclic amines) is 1. The molecule has 130 valence electrons. The lowest BCUT2D eigenvalue weighted by Gasteiger charge is -2.34. The Balaban J connectivity index is 1.64. The number of amides is 2. The van der Waals surface area contributed by atoms with Gasteiger partial charge in [-0.1, -0.05) is 17.7 Å². The van der Waals surface area contributed by atoms with Crippen molar-refractivity contribution in [3.8, 4) is 0 Å². The second-order valence-electron chi connectivity index (χ2n) is 6.99. The molecule has 2 heterocycles. The Bertz CT molecular complexity index is 597. The van der Waals surface area contributed by atoms with Crippen LogP contribution in [0.2, 0.25) is 0 Å². The van der Waals surface area contributed by atoms with E-state index < -0.39 is 0 Å². The molecule has 2 amide bonds. The van der Waals surface area contributed by atoms with Crippen molar-refractivity contribution in [3.63, 3.8) is 0 Å². The van der Waals surface area contributed by atoms with Crippen molar-refractivity contribution in [2.24, 2.45) is 11.8 Å². The van der Waals surface area contributed by atoms with Gasteiger partial charge < -0.3 is 14.5 Å². The molecule has 0 saturated carbocycles. The van der Waals surface area contributed by atoms with Crippen LogP contribution in [-0.2, 0) is 14.3 Å². The van der Waals surface area contributed by atoms with Crippen LogP contribution in [0.4, 0.5) is 5.69 Å². The molecule has 0 aliphatic carbocycles. The third kappa shape index (κ3) is 3.61. The predicted molar refractivity (Wildman–Crippen MR) is 92.8 cm³/mol. The standard InChI is InChI=1S/C19H26N2O3/c1-14-5-7-17(8-6-14)21-12-16(10-18(21)22)19(23)20-9-3-4-15(11-20)13-24-2/h5-8,15-16H,3-4,9-13H2,1-2H3. The van der Waals surface area contributed by atoms with Crippen molar-refractivity contribution in [2.45, 2.75) is 26.2 Å².